The zero-order valence-electron chi connectivity index (χ0n) is 11.0. The molecule has 5 heteroatoms. The van der Waals surface area contributed by atoms with Gasteiger partial charge in [0.1, 0.15) is 5.82 Å². The summed E-state index contributed by atoms with van der Waals surface area (Å²) in [7, 11) is 0. The third-order valence-corrected chi connectivity index (χ3v) is 3.49. The van der Waals surface area contributed by atoms with E-state index in [0.29, 0.717) is 0 Å². The molecule has 0 aliphatic heterocycles. The molecule has 0 radical (unpaired) electrons. The van der Waals surface area contributed by atoms with Gasteiger partial charge in [0.2, 0.25) is 0 Å². The van der Waals surface area contributed by atoms with E-state index in [9.17, 15) is 4.39 Å². The van der Waals surface area contributed by atoms with E-state index in [4.69, 9.17) is 0 Å². The Morgan fingerprint density at radius 3 is 2.62 bits per heavy atom. The fraction of sp³-hybridized carbons (Fsp3) is 0. The Labute approximate surface area is 119 Å². The van der Waals surface area contributed by atoms with Crippen LogP contribution in [0.15, 0.2) is 55.0 Å². The maximum absolute atomic E-state index is 13.1. The molecule has 0 spiro atoms. The van der Waals surface area contributed by atoms with Gasteiger partial charge in [-0.15, -0.1) is 0 Å². The SMILES string of the molecule is Fc1ccc(-c2nc[nH]c2-c2ccc3cn[nH]c3c2)cc1. The van der Waals surface area contributed by atoms with Crippen molar-refractivity contribution in [2.45, 2.75) is 0 Å². The first-order valence-corrected chi connectivity index (χ1v) is 6.54. The van der Waals surface area contributed by atoms with Crippen molar-refractivity contribution in [1.29, 1.82) is 0 Å². The Morgan fingerprint density at radius 1 is 0.952 bits per heavy atom. The summed E-state index contributed by atoms with van der Waals surface area (Å²) in [6, 6.07) is 12.4. The lowest BCUT2D eigenvalue weighted by Gasteiger charge is -2.04. The Morgan fingerprint density at radius 2 is 1.76 bits per heavy atom. The van der Waals surface area contributed by atoms with Gasteiger partial charge in [0, 0.05) is 16.5 Å². The minimum Gasteiger partial charge on any atom is -0.344 e. The van der Waals surface area contributed by atoms with E-state index in [1.165, 1.54) is 12.1 Å². The lowest BCUT2D eigenvalue weighted by Crippen LogP contribution is -1.85. The number of aromatic nitrogens is 4. The molecule has 4 rings (SSSR count). The zero-order chi connectivity index (χ0) is 14.2. The smallest absolute Gasteiger partial charge is 0.123 e. The second kappa shape index (κ2) is 4.56. The van der Waals surface area contributed by atoms with Crippen molar-refractivity contribution < 1.29 is 4.39 Å². The van der Waals surface area contributed by atoms with Gasteiger partial charge in [0.25, 0.3) is 0 Å². The van der Waals surface area contributed by atoms with Crippen molar-refractivity contribution in [1.82, 2.24) is 20.2 Å². The fourth-order valence-electron chi connectivity index (χ4n) is 2.43. The topological polar surface area (TPSA) is 57.4 Å². The Hall–Kier alpha value is -2.95. The van der Waals surface area contributed by atoms with Crippen molar-refractivity contribution in [2.24, 2.45) is 0 Å². The van der Waals surface area contributed by atoms with E-state index in [0.717, 1.165) is 33.4 Å². The Balaban J connectivity index is 1.85. The van der Waals surface area contributed by atoms with Crippen LogP contribution in [-0.4, -0.2) is 20.2 Å². The number of hydrogen-bond donors (Lipinski definition) is 2. The van der Waals surface area contributed by atoms with Crippen LogP contribution in [0.3, 0.4) is 0 Å². The summed E-state index contributed by atoms with van der Waals surface area (Å²) >= 11 is 0. The van der Waals surface area contributed by atoms with Crippen LogP contribution in [0.25, 0.3) is 33.4 Å². The largest absolute Gasteiger partial charge is 0.344 e. The van der Waals surface area contributed by atoms with Crippen molar-refractivity contribution >= 4 is 10.9 Å². The molecule has 0 aliphatic rings. The molecule has 0 atom stereocenters. The number of nitrogens with zero attached hydrogens (tertiary/aromatic N) is 2. The highest BCUT2D eigenvalue weighted by Gasteiger charge is 2.11. The number of imidazole rings is 1. The van der Waals surface area contributed by atoms with E-state index in [1.807, 2.05) is 18.2 Å². The maximum Gasteiger partial charge on any atom is 0.123 e. The van der Waals surface area contributed by atoms with Gasteiger partial charge in [-0.1, -0.05) is 12.1 Å². The predicted octanol–water partition coefficient (Wildman–Crippen LogP) is 3.76. The molecule has 21 heavy (non-hydrogen) atoms. The molecule has 102 valence electrons. The molecular weight excluding hydrogens is 267 g/mol. The standard InChI is InChI=1S/C16H11FN4/c17-13-5-3-10(4-6-13)15-16(19-9-18-15)11-1-2-12-8-20-21-14(12)7-11/h1-9H,(H,18,19)(H,20,21). The van der Waals surface area contributed by atoms with E-state index in [2.05, 4.69) is 20.2 Å². The summed E-state index contributed by atoms with van der Waals surface area (Å²) in [4.78, 5) is 7.51. The number of H-pyrrole nitrogens is 2. The van der Waals surface area contributed by atoms with E-state index in [-0.39, 0.29) is 5.82 Å². The first-order valence-electron chi connectivity index (χ1n) is 6.54. The maximum atomic E-state index is 13.1. The van der Waals surface area contributed by atoms with Crippen LogP contribution in [0.2, 0.25) is 0 Å². The summed E-state index contributed by atoms with van der Waals surface area (Å²) in [6.45, 7) is 0. The molecular formula is C16H11FN4. The van der Waals surface area contributed by atoms with Gasteiger partial charge in [0.05, 0.1) is 29.4 Å². The normalized spacial score (nSPS) is 11.1. The monoisotopic (exact) mass is 278 g/mol. The van der Waals surface area contributed by atoms with E-state index in [1.54, 1.807) is 24.7 Å². The summed E-state index contributed by atoms with van der Waals surface area (Å²) < 4.78 is 13.1. The van der Waals surface area contributed by atoms with Crippen molar-refractivity contribution in [2.75, 3.05) is 0 Å². The Bertz CT molecular complexity index is 905. The minimum atomic E-state index is -0.255. The number of fused-ring (bicyclic) bond motifs is 1. The highest BCUT2D eigenvalue weighted by Crippen LogP contribution is 2.30. The van der Waals surface area contributed by atoms with E-state index < -0.39 is 0 Å². The lowest BCUT2D eigenvalue weighted by molar-refractivity contribution is 0.628. The highest BCUT2D eigenvalue weighted by molar-refractivity contribution is 5.86. The molecule has 0 saturated carbocycles. The number of hydrogen-bond acceptors (Lipinski definition) is 2. The first kappa shape index (κ1) is 11.8. The first-order chi connectivity index (χ1) is 10.3. The van der Waals surface area contributed by atoms with Crippen LogP contribution in [-0.2, 0) is 0 Å². The van der Waals surface area contributed by atoms with Crippen LogP contribution in [0.4, 0.5) is 4.39 Å². The highest BCUT2D eigenvalue weighted by atomic mass is 19.1. The molecule has 0 amide bonds. The van der Waals surface area contributed by atoms with Gasteiger partial charge in [-0.2, -0.15) is 5.10 Å². The molecule has 2 heterocycles. The number of halogens is 1. The number of aromatic amines is 2. The van der Waals surface area contributed by atoms with Crippen molar-refractivity contribution in [3.63, 3.8) is 0 Å². The minimum absolute atomic E-state index is 0.255. The van der Waals surface area contributed by atoms with Gasteiger partial charge in [-0.05, 0) is 30.3 Å². The lowest BCUT2D eigenvalue weighted by atomic mass is 10.0. The van der Waals surface area contributed by atoms with Crippen LogP contribution < -0.4 is 0 Å². The summed E-state index contributed by atoms with van der Waals surface area (Å²) in [6.07, 6.45) is 3.43. The summed E-state index contributed by atoms with van der Waals surface area (Å²) in [5.74, 6) is -0.255. The average molecular weight is 278 g/mol. The second-order valence-corrected chi connectivity index (χ2v) is 4.81. The third-order valence-electron chi connectivity index (χ3n) is 3.49. The van der Waals surface area contributed by atoms with Gasteiger partial charge in [0.15, 0.2) is 0 Å². The van der Waals surface area contributed by atoms with Crippen LogP contribution in [0.1, 0.15) is 0 Å². The molecule has 0 bridgehead atoms. The van der Waals surface area contributed by atoms with Gasteiger partial charge in [-0.25, -0.2) is 9.37 Å². The van der Waals surface area contributed by atoms with E-state index >= 15 is 0 Å². The number of benzene rings is 2. The molecule has 2 aromatic heterocycles. The van der Waals surface area contributed by atoms with Crippen LogP contribution in [0.5, 0.6) is 0 Å². The van der Waals surface area contributed by atoms with Gasteiger partial charge in [-0.3, -0.25) is 5.10 Å². The number of rotatable bonds is 2. The van der Waals surface area contributed by atoms with Crippen LogP contribution >= 0.6 is 0 Å². The molecule has 4 nitrogen and oxygen atoms in total. The molecule has 0 unspecified atom stereocenters. The summed E-state index contributed by atoms with van der Waals surface area (Å²) in [5, 5.41) is 8.03. The predicted molar refractivity (Wildman–Crippen MR) is 79.1 cm³/mol. The van der Waals surface area contributed by atoms with Crippen molar-refractivity contribution in [3.8, 4) is 22.5 Å². The quantitative estimate of drug-likeness (QED) is 0.586. The molecule has 0 fully saturated rings. The van der Waals surface area contributed by atoms with Gasteiger partial charge < -0.3 is 4.98 Å². The van der Waals surface area contributed by atoms with Crippen LogP contribution in [0, 0.1) is 5.82 Å². The Kier molecular flexibility index (Phi) is 2.57. The molecule has 4 aromatic rings. The fourth-order valence-corrected chi connectivity index (χ4v) is 2.43. The zero-order valence-corrected chi connectivity index (χ0v) is 11.0. The third kappa shape index (κ3) is 1.99. The summed E-state index contributed by atoms with van der Waals surface area (Å²) in [5.41, 5.74) is 4.54. The average Bonchev–Trinajstić information content (AvgIpc) is 3.16. The molecule has 0 saturated heterocycles. The van der Waals surface area contributed by atoms with Crippen molar-refractivity contribution in [3.05, 3.63) is 60.8 Å². The van der Waals surface area contributed by atoms with Gasteiger partial charge >= 0.3 is 0 Å². The molecule has 2 N–H and O–H groups in total. The molecule has 0 aliphatic carbocycles. The molecule has 2 aromatic carbocycles. The second-order valence-electron chi connectivity index (χ2n) is 4.81. The number of nitrogens with one attached hydrogen (secondary N) is 2.